The number of carbonyl (C=O) groups is 1. The summed E-state index contributed by atoms with van der Waals surface area (Å²) in [4.78, 5) is 11.5. The van der Waals surface area contributed by atoms with E-state index in [-0.39, 0.29) is 17.8 Å². The van der Waals surface area contributed by atoms with Gasteiger partial charge in [-0.2, -0.15) is 0 Å². The number of alkyl carbamates (subject to hydrolysis) is 1. The molecule has 0 aliphatic heterocycles. The molecule has 1 amide bonds. The molecule has 0 saturated heterocycles. The predicted molar refractivity (Wildman–Crippen MR) is 73.9 cm³/mol. The maximum absolute atomic E-state index is 11.5. The van der Waals surface area contributed by atoms with E-state index in [0.717, 1.165) is 12.8 Å². The molecule has 0 aromatic carbocycles. The smallest absolute Gasteiger partial charge is 0.407 e. The Labute approximate surface area is 115 Å². The summed E-state index contributed by atoms with van der Waals surface area (Å²) in [6, 6.07) is 0.396. The van der Waals surface area contributed by atoms with Gasteiger partial charge in [0.05, 0.1) is 5.75 Å². The number of hydrogen-bond donors (Lipinski definition) is 2. The van der Waals surface area contributed by atoms with Crippen LogP contribution in [0.15, 0.2) is 0 Å². The third kappa shape index (κ3) is 7.37. The van der Waals surface area contributed by atoms with Crippen molar-refractivity contribution in [1.29, 1.82) is 0 Å². The predicted octanol–water partition coefficient (Wildman–Crippen LogP) is 0.676. The first-order chi connectivity index (χ1) is 8.55. The summed E-state index contributed by atoms with van der Waals surface area (Å²) >= 11 is 0. The van der Waals surface area contributed by atoms with Crippen LogP contribution in [-0.2, 0) is 14.6 Å². The first-order valence-electron chi connectivity index (χ1n) is 6.46. The van der Waals surface area contributed by atoms with E-state index in [4.69, 9.17) is 4.74 Å². The SMILES string of the molecule is CC(C)(C)OC(=O)NC1CC(NCCS(C)(=O)=O)C1. The molecule has 0 aromatic heterocycles. The number of hydrogen-bond acceptors (Lipinski definition) is 5. The minimum absolute atomic E-state index is 0.116. The molecule has 1 rings (SSSR count). The molecule has 6 nitrogen and oxygen atoms in total. The van der Waals surface area contributed by atoms with Gasteiger partial charge in [-0.05, 0) is 33.6 Å². The lowest BCUT2D eigenvalue weighted by atomic mass is 9.87. The monoisotopic (exact) mass is 292 g/mol. The van der Waals surface area contributed by atoms with Gasteiger partial charge in [0.25, 0.3) is 0 Å². The second kappa shape index (κ2) is 6.09. The summed E-state index contributed by atoms with van der Waals surface area (Å²) in [5, 5.41) is 5.95. The Kier molecular flexibility index (Phi) is 5.20. The lowest BCUT2D eigenvalue weighted by Crippen LogP contribution is -2.53. The summed E-state index contributed by atoms with van der Waals surface area (Å²) in [5.74, 6) is 0.146. The number of amides is 1. The van der Waals surface area contributed by atoms with E-state index in [1.165, 1.54) is 6.26 Å². The van der Waals surface area contributed by atoms with Crippen LogP contribution in [-0.4, -0.2) is 50.7 Å². The molecule has 1 fully saturated rings. The Morgan fingerprint density at radius 3 is 2.32 bits per heavy atom. The van der Waals surface area contributed by atoms with Crippen LogP contribution >= 0.6 is 0 Å². The highest BCUT2D eigenvalue weighted by Gasteiger charge is 2.31. The van der Waals surface area contributed by atoms with Crippen molar-refractivity contribution in [3.8, 4) is 0 Å². The Morgan fingerprint density at radius 1 is 1.26 bits per heavy atom. The fourth-order valence-corrected chi connectivity index (χ4v) is 2.31. The van der Waals surface area contributed by atoms with Crippen molar-refractivity contribution in [3.63, 3.8) is 0 Å². The molecule has 1 aliphatic carbocycles. The number of ether oxygens (including phenoxy) is 1. The highest BCUT2D eigenvalue weighted by atomic mass is 32.2. The first kappa shape index (κ1) is 16.2. The molecular formula is C12H24N2O4S. The normalized spacial score (nSPS) is 23.6. The van der Waals surface area contributed by atoms with Gasteiger partial charge in [0, 0.05) is 24.9 Å². The zero-order valence-corrected chi connectivity index (χ0v) is 12.8. The van der Waals surface area contributed by atoms with Crippen molar-refractivity contribution in [3.05, 3.63) is 0 Å². The highest BCUT2D eigenvalue weighted by Crippen LogP contribution is 2.20. The minimum Gasteiger partial charge on any atom is -0.444 e. The van der Waals surface area contributed by atoms with Crippen LogP contribution in [0, 0.1) is 0 Å². The van der Waals surface area contributed by atoms with Gasteiger partial charge in [-0.3, -0.25) is 0 Å². The number of nitrogens with one attached hydrogen (secondary N) is 2. The van der Waals surface area contributed by atoms with Crippen molar-refractivity contribution in [2.75, 3.05) is 18.6 Å². The van der Waals surface area contributed by atoms with E-state index in [2.05, 4.69) is 10.6 Å². The highest BCUT2D eigenvalue weighted by molar-refractivity contribution is 7.90. The Balaban J connectivity index is 2.12. The zero-order chi connectivity index (χ0) is 14.7. The summed E-state index contributed by atoms with van der Waals surface area (Å²) < 4.78 is 27.1. The van der Waals surface area contributed by atoms with Gasteiger partial charge in [-0.1, -0.05) is 0 Å². The van der Waals surface area contributed by atoms with Crippen LogP contribution in [0.2, 0.25) is 0 Å². The lowest BCUT2D eigenvalue weighted by molar-refractivity contribution is 0.0466. The van der Waals surface area contributed by atoms with E-state index < -0.39 is 21.5 Å². The molecule has 0 unspecified atom stereocenters. The fraction of sp³-hybridized carbons (Fsp3) is 0.917. The molecule has 2 N–H and O–H groups in total. The average Bonchev–Trinajstić information content (AvgIpc) is 2.08. The average molecular weight is 292 g/mol. The lowest BCUT2D eigenvalue weighted by Gasteiger charge is -2.36. The zero-order valence-electron chi connectivity index (χ0n) is 12.0. The summed E-state index contributed by atoms with van der Waals surface area (Å²) in [7, 11) is -2.91. The summed E-state index contributed by atoms with van der Waals surface area (Å²) in [6.45, 7) is 5.93. The largest absolute Gasteiger partial charge is 0.444 e. The Morgan fingerprint density at radius 2 is 1.84 bits per heavy atom. The second-order valence-corrected chi connectivity index (χ2v) is 8.36. The van der Waals surface area contributed by atoms with Crippen molar-refractivity contribution >= 4 is 15.9 Å². The summed E-state index contributed by atoms with van der Waals surface area (Å²) in [6.07, 6.45) is 2.45. The Hall–Kier alpha value is -0.820. The van der Waals surface area contributed by atoms with E-state index in [9.17, 15) is 13.2 Å². The van der Waals surface area contributed by atoms with E-state index in [0.29, 0.717) is 6.54 Å². The topological polar surface area (TPSA) is 84.5 Å². The van der Waals surface area contributed by atoms with E-state index >= 15 is 0 Å². The van der Waals surface area contributed by atoms with Crippen molar-refractivity contribution in [1.82, 2.24) is 10.6 Å². The van der Waals surface area contributed by atoms with Gasteiger partial charge < -0.3 is 15.4 Å². The molecule has 0 atom stereocenters. The molecule has 0 bridgehead atoms. The van der Waals surface area contributed by atoms with Gasteiger partial charge in [-0.25, -0.2) is 13.2 Å². The molecular weight excluding hydrogens is 268 g/mol. The van der Waals surface area contributed by atoms with Crippen LogP contribution in [0.1, 0.15) is 33.6 Å². The van der Waals surface area contributed by atoms with Crippen LogP contribution in [0.5, 0.6) is 0 Å². The minimum atomic E-state index is -2.91. The molecule has 7 heteroatoms. The third-order valence-electron chi connectivity index (χ3n) is 2.76. The third-order valence-corrected chi connectivity index (χ3v) is 3.71. The van der Waals surface area contributed by atoms with Gasteiger partial charge in [0.15, 0.2) is 0 Å². The molecule has 19 heavy (non-hydrogen) atoms. The number of rotatable bonds is 5. The summed E-state index contributed by atoms with van der Waals surface area (Å²) in [5.41, 5.74) is -0.485. The second-order valence-electron chi connectivity index (χ2n) is 6.10. The molecule has 0 aromatic rings. The molecule has 0 spiro atoms. The molecule has 0 heterocycles. The van der Waals surface area contributed by atoms with Gasteiger partial charge in [-0.15, -0.1) is 0 Å². The molecule has 1 aliphatic rings. The van der Waals surface area contributed by atoms with Crippen molar-refractivity contribution < 1.29 is 17.9 Å². The van der Waals surface area contributed by atoms with Gasteiger partial charge in [0.2, 0.25) is 0 Å². The maximum Gasteiger partial charge on any atom is 0.407 e. The van der Waals surface area contributed by atoms with Crippen LogP contribution in [0.3, 0.4) is 0 Å². The molecule has 1 saturated carbocycles. The van der Waals surface area contributed by atoms with Crippen molar-refractivity contribution in [2.45, 2.75) is 51.3 Å². The van der Waals surface area contributed by atoms with Crippen LogP contribution < -0.4 is 10.6 Å². The fourth-order valence-electron chi connectivity index (χ4n) is 1.83. The van der Waals surface area contributed by atoms with E-state index in [1.807, 2.05) is 20.8 Å². The Bertz CT molecular complexity index is 408. The van der Waals surface area contributed by atoms with Crippen LogP contribution in [0.25, 0.3) is 0 Å². The number of carbonyl (C=O) groups excluding carboxylic acids is 1. The first-order valence-corrected chi connectivity index (χ1v) is 8.52. The quantitative estimate of drug-likeness (QED) is 0.778. The molecule has 0 radical (unpaired) electrons. The van der Waals surface area contributed by atoms with Crippen LogP contribution in [0.4, 0.5) is 4.79 Å². The van der Waals surface area contributed by atoms with Gasteiger partial charge >= 0.3 is 6.09 Å². The van der Waals surface area contributed by atoms with E-state index in [1.54, 1.807) is 0 Å². The maximum atomic E-state index is 11.5. The van der Waals surface area contributed by atoms with Crippen molar-refractivity contribution in [2.24, 2.45) is 0 Å². The molecule has 112 valence electrons. The number of sulfone groups is 1. The standard InChI is InChI=1S/C12H24N2O4S/c1-12(2,3)18-11(15)14-10-7-9(8-10)13-5-6-19(4,16)17/h9-10,13H,5-8H2,1-4H3,(H,14,15). The van der Waals surface area contributed by atoms with Gasteiger partial charge in [0.1, 0.15) is 15.4 Å².